The van der Waals surface area contributed by atoms with Crippen LogP contribution in [0.5, 0.6) is 0 Å². The van der Waals surface area contributed by atoms with Crippen LogP contribution in [0, 0.1) is 5.82 Å². The number of ether oxygens (including phenoxy) is 1. The second kappa shape index (κ2) is 7.53. The van der Waals surface area contributed by atoms with Crippen molar-refractivity contribution in [1.29, 1.82) is 0 Å². The number of hydrogen-bond donors (Lipinski definition) is 0. The van der Waals surface area contributed by atoms with Gasteiger partial charge in [0.15, 0.2) is 5.78 Å². The molecule has 0 saturated carbocycles. The Kier molecular flexibility index (Phi) is 5.00. The van der Waals surface area contributed by atoms with Gasteiger partial charge in [-0.15, -0.1) is 0 Å². The fraction of sp³-hybridized carbons (Fsp3) is 0.0476. The molecule has 0 spiro atoms. The zero-order valence-corrected chi connectivity index (χ0v) is 13.3. The number of carbonyl (C=O) groups is 2. The predicted octanol–water partition coefficient (Wildman–Crippen LogP) is 4.41. The third-order valence-electron chi connectivity index (χ3n) is 3.74. The minimum Gasteiger partial charge on any atom is -0.457 e. The largest absolute Gasteiger partial charge is 0.457 e. The van der Waals surface area contributed by atoms with E-state index in [2.05, 4.69) is 0 Å². The Morgan fingerprint density at radius 1 is 0.760 bits per heavy atom. The van der Waals surface area contributed by atoms with Crippen molar-refractivity contribution in [2.24, 2.45) is 0 Å². The van der Waals surface area contributed by atoms with Gasteiger partial charge in [0.25, 0.3) is 0 Å². The number of benzene rings is 3. The van der Waals surface area contributed by atoms with E-state index in [1.54, 1.807) is 60.7 Å². The Hall–Kier alpha value is -3.27. The second-order valence-electron chi connectivity index (χ2n) is 5.41. The molecule has 124 valence electrons. The molecular weight excluding hydrogens is 319 g/mol. The van der Waals surface area contributed by atoms with Crippen molar-refractivity contribution in [2.75, 3.05) is 0 Å². The summed E-state index contributed by atoms with van der Waals surface area (Å²) in [4.78, 5) is 25.0. The van der Waals surface area contributed by atoms with Crippen molar-refractivity contribution in [3.8, 4) is 0 Å². The molecule has 3 rings (SSSR count). The van der Waals surface area contributed by atoms with Crippen LogP contribution in [0.15, 0.2) is 78.9 Å². The summed E-state index contributed by atoms with van der Waals surface area (Å²) in [6.45, 7) is -0.195. The lowest BCUT2D eigenvalue weighted by molar-refractivity contribution is 0.0466. The van der Waals surface area contributed by atoms with Crippen molar-refractivity contribution in [3.63, 3.8) is 0 Å². The molecule has 0 fully saturated rings. The van der Waals surface area contributed by atoms with E-state index in [9.17, 15) is 14.0 Å². The normalized spacial score (nSPS) is 10.3. The Morgan fingerprint density at radius 2 is 1.36 bits per heavy atom. The van der Waals surface area contributed by atoms with E-state index in [1.807, 2.05) is 6.07 Å². The summed E-state index contributed by atoms with van der Waals surface area (Å²) in [6, 6.07) is 21.2. The highest BCUT2D eigenvalue weighted by Gasteiger charge is 2.19. The zero-order valence-electron chi connectivity index (χ0n) is 13.3. The van der Waals surface area contributed by atoms with Crippen molar-refractivity contribution in [1.82, 2.24) is 0 Å². The van der Waals surface area contributed by atoms with Gasteiger partial charge in [0.2, 0.25) is 0 Å². The molecule has 25 heavy (non-hydrogen) atoms. The summed E-state index contributed by atoms with van der Waals surface area (Å²) in [5.74, 6) is -1.37. The van der Waals surface area contributed by atoms with E-state index in [0.29, 0.717) is 5.56 Å². The molecule has 0 unspecified atom stereocenters. The molecular formula is C21H15FO3. The van der Waals surface area contributed by atoms with Gasteiger partial charge in [-0.2, -0.15) is 0 Å². The second-order valence-corrected chi connectivity index (χ2v) is 5.41. The summed E-state index contributed by atoms with van der Waals surface area (Å²) in [5.41, 5.74) is 1.18. The average molecular weight is 334 g/mol. The molecule has 3 aromatic rings. The van der Waals surface area contributed by atoms with Gasteiger partial charge in [0.05, 0.1) is 5.56 Å². The van der Waals surface area contributed by atoms with Crippen LogP contribution in [-0.2, 0) is 11.3 Å². The number of halogens is 1. The fourth-order valence-electron chi connectivity index (χ4n) is 2.44. The third kappa shape index (κ3) is 3.80. The van der Waals surface area contributed by atoms with E-state index in [4.69, 9.17) is 4.74 Å². The molecule has 0 saturated heterocycles. The van der Waals surface area contributed by atoms with Crippen molar-refractivity contribution < 1.29 is 18.7 Å². The van der Waals surface area contributed by atoms with Crippen LogP contribution in [0.25, 0.3) is 0 Å². The SMILES string of the molecule is O=C(OCc1ccccc1F)c1ccccc1C(=O)c1ccccc1. The maximum Gasteiger partial charge on any atom is 0.339 e. The van der Waals surface area contributed by atoms with Crippen molar-refractivity contribution in [3.05, 3.63) is 107 Å². The van der Waals surface area contributed by atoms with Crippen LogP contribution in [0.3, 0.4) is 0 Å². The number of hydrogen-bond acceptors (Lipinski definition) is 3. The monoisotopic (exact) mass is 334 g/mol. The average Bonchev–Trinajstić information content (AvgIpc) is 2.67. The molecule has 3 aromatic carbocycles. The summed E-state index contributed by atoms with van der Waals surface area (Å²) in [7, 11) is 0. The van der Waals surface area contributed by atoms with Gasteiger partial charge >= 0.3 is 5.97 Å². The number of rotatable bonds is 5. The Morgan fingerprint density at radius 3 is 2.08 bits per heavy atom. The maximum atomic E-state index is 13.6. The van der Waals surface area contributed by atoms with Gasteiger partial charge in [-0.3, -0.25) is 4.79 Å². The molecule has 0 aliphatic heterocycles. The summed E-state index contributed by atoms with van der Waals surface area (Å²) < 4.78 is 18.8. The van der Waals surface area contributed by atoms with Crippen LogP contribution in [0.1, 0.15) is 31.8 Å². The lowest BCUT2D eigenvalue weighted by Crippen LogP contribution is -2.13. The Balaban J connectivity index is 1.82. The lowest BCUT2D eigenvalue weighted by Gasteiger charge is -2.09. The van der Waals surface area contributed by atoms with E-state index >= 15 is 0 Å². The number of carbonyl (C=O) groups excluding carboxylic acids is 2. The van der Waals surface area contributed by atoms with E-state index in [0.717, 1.165) is 0 Å². The van der Waals surface area contributed by atoms with Crippen LogP contribution in [0.2, 0.25) is 0 Å². The highest BCUT2D eigenvalue weighted by molar-refractivity contribution is 6.14. The number of ketones is 1. The minimum absolute atomic E-state index is 0.160. The summed E-state index contributed by atoms with van der Waals surface area (Å²) in [5, 5.41) is 0. The quantitative estimate of drug-likeness (QED) is 0.513. The summed E-state index contributed by atoms with van der Waals surface area (Å²) >= 11 is 0. The molecule has 0 bridgehead atoms. The first-order chi connectivity index (χ1) is 12.2. The van der Waals surface area contributed by atoms with Crippen LogP contribution < -0.4 is 0 Å². The van der Waals surface area contributed by atoms with E-state index in [1.165, 1.54) is 12.1 Å². The van der Waals surface area contributed by atoms with Crippen molar-refractivity contribution in [2.45, 2.75) is 6.61 Å². The molecule has 0 heterocycles. The molecule has 0 radical (unpaired) electrons. The van der Waals surface area contributed by atoms with Gasteiger partial charge in [-0.1, -0.05) is 66.7 Å². The topological polar surface area (TPSA) is 43.4 Å². The first-order valence-corrected chi connectivity index (χ1v) is 7.76. The highest BCUT2D eigenvalue weighted by atomic mass is 19.1. The Bertz CT molecular complexity index is 904. The molecule has 4 heteroatoms. The smallest absolute Gasteiger partial charge is 0.339 e. The molecule has 0 N–H and O–H groups in total. The van der Waals surface area contributed by atoms with E-state index in [-0.39, 0.29) is 29.1 Å². The summed E-state index contributed by atoms with van der Waals surface area (Å²) in [6.07, 6.45) is 0. The number of esters is 1. The van der Waals surface area contributed by atoms with Gasteiger partial charge < -0.3 is 4.74 Å². The van der Waals surface area contributed by atoms with E-state index < -0.39 is 11.8 Å². The molecule has 0 aliphatic rings. The van der Waals surface area contributed by atoms with Crippen molar-refractivity contribution >= 4 is 11.8 Å². The molecule has 0 amide bonds. The predicted molar refractivity (Wildman–Crippen MR) is 91.8 cm³/mol. The highest BCUT2D eigenvalue weighted by Crippen LogP contribution is 2.17. The Labute approximate surface area is 144 Å². The minimum atomic E-state index is -0.664. The standard InChI is InChI=1S/C21H15FO3/c22-19-13-7-4-10-16(19)14-25-21(24)18-12-6-5-11-17(18)20(23)15-8-2-1-3-9-15/h1-13H,14H2. The molecule has 0 atom stereocenters. The van der Waals surface area contributed by atoms with Gasteiger partial charge in [-0.05, 0) is 12.1 Å². The van der Waals surface area contributed by atoms with Gasteiger partial charge in [0.1, 0.15) is 12.4 Å². The first-order valence-electron chi connectivity index (χ1n) is 7.76. The van der Waals surface area contributed by atoms with Crippen LogP contribution in [0.4, 0.5) is 4.39 Å². The third-order valence-corrected chi connectivity index (χ3v) is 3.74. The maximum absolute atomic E-state index is 13.6. The zero-order chi connectivity index (χ0) is 17.6. The van der Waals surface area contributed by atoms with Gasteiger partial charge in [0, 0.05) is 16.7 Å². The molecule has 0 aliphatic carbocycles. The molecule has 0 aromatic heterocycles. The van der Waals surface area contributed by atoms with Crippen LogP contribution in [-0.4, -0.2) is 11.8 Å². The van der Waals surface area contributed by atoms with Crippen LogP contribution >= 0.6 is 0 Å². The van der Waals surface area contributed by atoms with Gasteiger partial charge in [-0.25, -0.2) is 9.18 Å². The first kappa shape index (κ1) is 16.6. The lowest BCUT2D eigenvalue weighted by atomic mass is 9.98. The fourth-order valence-corrected chi connectivity index (χ4v) is 2.44. The molecule has 3 nitrogen and oxygen atoms in total.